The van der Waals surface area contributed by atoms with Gasteiger partial charge in [-0.25, -0.2) is 0 Å². The summed E-state index contributed by atoms with van der Waals surface area (Å²) in [6, 6.07) is 0.740. The molecule has 2 fully saturated rings. The number of carbonyl (C=O) groups is 1. The molecule has 0 heterocycles. The van der Waals surface area contributed by atoms with Crippen molar-refractivity contribution in [2.24, 2.45) is 5.92 Å². The molecule has 0 aromatic rings. The van der Waals surface area contributed by atoms with Crippen LogP contribution >= 0.6 is 0 Å². The first-order valence-corrected chi connectivity index (χ1v) is 7.60. The number of hydrogen-bond donors (Lipinski definition) is 1. The number of rotatable bonds is 5. The molecule has 0 saturated heterocycles. The Morgan fingerprint density at radius 2 is 1.53 bits per heavy atom. The Morgan fingerprint density at radius 3 is 2.12 bits per heavy atom. The third-order valence-corrected chi connectivity index (χ3v) is 4.53. The summed E-state index contributed by atoms with van der Waals surface area (Å²) in [7, 11) is 0. The van der Waals surface area contributed by atoms with E-state index in [4.69, 9.17) is 0 Å². The molecule has 2 saturated carbocycles. The molecule has 0 amide bonds. The lowest BCUT2D eigenvalue weighted by Crippen LogP contribution is -2.41. The SMILES string of the molecule is O=C[C@@H](CC1CCCCC1)NC1CCCCC1. The van der Waals surface area contributed by atoms with E-state index in [1.165, 1.54) is 64.2 Å². The van der Waals surface area contributed by atoms with E-state index in [1.807, 2.05) is 0 Å². The third-order valence-electron chi connectivity index (χ3n) is 4.53. The highest BCUT2D eigenvalue weighted by molar-refractivity contribution is 5.57. The molecule has 98 valence electrons. The summed E-state index contributed by atoms with van der Waals surface area (Å²) in [4.78, 5) is 11.2. The Labute approximate surface area is 106 Å². The Hall–Kier alpha value is -0.370. The van der Waals surface area contributed by atoms with Crippen LogP contribution in [0.25, 0.3) is 0 Å². The van der Waals surface area contributed by atoms with Crippen molar-refractivity contribution in [3.8, 4) is 0 Å². The van der Waals surface area contributed by atoms with Crippen LogP contribution in [0.3, 0.4) is 0 Å². The van der Waals surface area contributed by atoms with E-state index in [0.29, 0.717) is 6.04 Å². The maximum atomic E-state index is 11.2. The highest BCUT2D eigenvalue weighted by Crippen LogP contribution is 2.27. The standard InChI is InChI=1S/C15H27NO/c17-12-15(11-13-7-3-1-4-8-13)16-14-9-5-2-6-10-14/h12-16H,1-11H2/t15-/m1/s1. The lowest BCUT2D eigenvalue weighted by molar-refractivity contribution is -0.110. The Balaban J connectivity index is 1.72. The van der Waals surface area contributed by atoms with Gasteiger partial charge in [-0.3, -0.25) is 0 Å². The number of nitrogens with one attached hydrogen (secondary N) is 1. The van der Waals surface area contributed by atoms with Crippen LogP contribution < -0.4 is 5.32 Å². The van der Waals surface area contributed by atoms with Crippen molar-refractivity contribution in [2.45, 2.75) is 82.7 Å². The predicted molar refractivity (Wildman–Crippen MR) is 71.1 cm³/mol. The van der Waals surface area contributed by atoms with Crippen LogP contribution in [-0.2, 0) is 4.79 Å². The van der Waals surface area contributed by atoms with Crippen molar-refractivity contribution in [1.29, 1.82) is 0 Å². The van der Waals surface area contributed by atoms with Gasteiger partial charge in [0.05, 0.1) is 6.04 Å². The van der Waals surface area contributed by atoms with Gasteiger partial charge in [0, 0.05) is 6.04 Å². The van der Waals surface area contributed by atoms with Gasteiger partial charge in [-0.2, -0.15) is 0 Å². The largest absolute Gasteiger partial charge is 0.305 e. The molecule has 1 N–H and O–H groups in total. The molecule has 1 atom stereocenters. The molecule has 0 radical (unpaired) electrons. The minimum atomic E-state index is 0.126. The molecule has 0 spiro atoms. The lowest BCUT2D eigenvalue weighted by atomic mass is 9.84. The summed E-state index contributed by atoms with van der Waals surface area (Å²) in [5.74, 6) is 0.801. The molecular weight excluding hydrogens is 210 g/mol. The molecular formula is C15H27NO. The topological polar surface area (TPSA) is 29.1 Å². The second-order valence-corrected chi connectivity index (χ2v) is 5.98. The van der Waals surface area contributed by atoms with Gasteiger partial charge in [0.15, 0.2) is 0 Å². The zero-order chi connectivity index (χ0) is 11.9. The van der Waals surface area contributed by atoms with E-state index < -0.39 is 0 Å². The van der Waals surface area contributed by atoms with Crippen molar-refractivity contribution in [3.05, 3.63) is 0 Å². The Kier molecular flexibility index (Phi) is 5.50. The molecule has 0 aromatic carbocycles. The fraction of sp³-hybridized carbons (Fsp3) is 0.933. The molecule has 0 aliphatic heterocycles. The van der Waals surface area contributed by atoms with E-state index in [1.54, 1.807) is 0 Å². The minimum absolute atomic E-state index is 0.126. The maximum Gasteiger partial charge on any atom is 0.136 e. The van der Waals surface area contributed by atoms with Crippen LogP contribution in [0.4, 0.5) is 0 Å². The van der Waals surface area contributed by atoms with Gasteiger partial charge in [0.1, 0.15) is 6.29 Å². The quantitative estimate of drug-likeness (QED) is 0.742. The van der Waals surface area contributed by atoms with Crippen LogP contribution in [0.15, 0.2) is 0 Å². The molecule has 0 bridgehead atoms. The van der Waals surface area contributed by atoms with Crippen LogP contribution in [0.2, 0.25) is 0 Å². The zero-order valence-electron chi connectivity index (χ0n) is 11.0. The van der Waals surface area contributed by atoms with Gasteiger partial charge in [0.25, 0.3) is 0 Å². The van der Waals surface area contributed by atoms with Crippen molar-refractivity contribution < 1.29 is 4.79 Å². The molecule has 0 aromatic heterocycles. The highest BCUT2D eigenvalue weighted by atomic mass is 16.1. The van der Waals surface area contributed by atoms with Crippen molar-refractivity contribution >= 4 is 6.29 Å². The minimum Gasteiger partial charge on any atom is -0.305 e. The van der Waals surface area contributed by atoms with E-state index in [9.17, 15) is 4.79 Å². The predicted octanol–water partition coefficient (Wildman–Crippen LogP) is 3.45. The summed E-state index contributed by atoms with van der Waals surface area (Å²) >= 11 is 0. The van der Waals surface area contributed by atoms with Crippen LogP contribution in [-0.4, -0.2) is 18.4 Å². The summed E-state index contributed by atoms with van der Waals surface area (Å²) in [6.45, 7) is 0. The molecule has 2 aliphatic rings. The first-order chi connectivity index (χ1) is 8.38. The fourth-order valence-electron chi connectivity index (χ4n) is 3.52. The molecule has 2 aliphatic carbocycles. The lowest BCUT2D eigenvalue weighted by Gasteiger charge is -2.29. The molecule has 0 unspecified atom stereocenters. The average Bonchev–Trinajstić information content (AvgIpc) is 2.40. The average molecular weight is 237 g/mol. The molecule has 2 heteroatoms. The molecule has 17 heavy (non-hydrogen) atoms. The monoisotopic (exact) mass is 237 g/mol. The van der Waals surface area contributed by atoms with E-state index in [2.05, 4.69) is 5.32 Å². The maximum absolute atomic E-state index is 11.2. The number of carbonyl (C=O) groups excluding carboxylic acids is 1. The Morgan fingerprint density at radius 1 is 0.941 bits per heavy atom. The van der Waals surface area contributed by atoms with E-state index in [0.717, 1.165) is 18.6 Å². The summed E-state index contributed by atoms with van der Waals surface area (Å²) in [5.41, 5.74) is 0. The van der Waals surface area contributed by atoms with Gasteiger partial charge in [-0.15, -0.1) is 0 Å². The summed E-state index contributed by atoms with van der Waals surface area (Å²) in [6.07, 6.45) is 15.7. The van der Waals surface area contributed by atoms with Gasteiger partial charge in [-0.1, -0.05) is 51.4 Å². The van der Waals surface area contributed by atoms with Crippen LogP contribution in [0, 0.1) is 5.92 Å². The van der Waals surface area contributed by atoms with E-state index >= 15 is 0 Å². The van der Waals surface area contributed by atoms with Crippen LogP contribution in [0.5, 0.6) is 0 Å². The fourth-order valence-corrected chi connectivity index (χ4v) is 3.52. The van der Waals surface area contributed by atoms with E-state index in [-0.39, 0.29) is 6.04 Å². The third kappa shape index (κ3) is 4.42. The van der Waals surface area contributed by atoms with Crippen LogP contribution in [0.1, 0.15) is 70.6 Å². The van der Waals surface area contributed by atoms with Crippen molar-refractivity contribution in [2.75, 3.05) is 0 Å². The van der Waals surface area contributed by atoms with Gasteiger partial charge >= 0.3 is 0 Å². The second kappa shape index (κ2) is 7.15. The normalized spacial score (nSPS) is 25.6. The highest BCUT2D eigenvalue weighted by Gasteiger charge is 2.21. The Bertz CT molecular complexity index is 197. The zero-order valence-corrected chi connectivity index (χ0v) is 11.0. The van der Waals surface area contributed by atoms with Gasteiger partial charge < -0.3 is 10.1 Å². The van der Waals surface area contributed by atoms with Gasteiger partial charge in [-0.05, 0) is 25.2 Å². The number of hydrogen-bond acceptors (Lipinski definition) is 2. The molecule has 2 rings (SSSR count). The first-order valence-electron chi connectivity index (χ1n) is 7.60. The number of aldehydes is 1. The first kappa shape index (κ1) is 13.1. The smallest absolute Gasteiger partial charge is 0.136 e. The van der Waals surface area contributed by atoms with Crippen molar-refractivity contribution in [3.63, 3.8) is 0 Å². The molecule has 2 nitrogen and oxygen atoms in total. The van der Waals surface area contributed by atoms with Gasteiger partial charge in [0.2, 0.25) is 0 Å². The summed E-state index contributed by atoms with van der Waals surface area (Å²) < 4.78 is 0. The second-order valence-electron chi connectivity index (χ2n) is 5.98. The summed E-state index contributed by atoms with van der Waals surface area (Å²) in [5, 5.41) is 3.58. The van der Waals surface area contributed by atoms with Crippen molar-refractivity contribution in [1.82, 2.24) is 5.32 Å².